The van der Waals surface area contributed by atoms with Gasteiger partial charge in [0.2, 0.25) is 0 Å². The summed E-state index contributed by atoms with van der Waals surface area (Å²) in [6, 6.07) is 2.18. The van der Waals surface area contributed by atoms with Crippen LogP contribution in [0.25, 0.3) is 0 Å². The fourth-order valence-electron chi connectivity index (χ4n) is 2.55. The molecule has 0 radical (unpaired) electrons. The summed E-state index contributed by atoms with van der Waals surface area (Å²) in [5, 5.41) is 2.93. The molecule has 0 spiro atoms. The lowest BCUT2D eigenvalue weighted by Crippen LogP contribution is -2.46. The van der Waals surface area contributed by atoms with E-state index in [0.29, 0.717) is 13.0 Å². The zero-order chi connectivity index (χ0) is 15.2. The number of aromatic nitrogens is 2. The van der Waals surface area contributed by atoms with Gasteiger partial charge in [-0.1, -0.05) is 0 Å². The normalized spacial score (nSPS) is 15.8. The van der Waals surface area contributed by atoms with E-state index in [4.69, 9.17) is 4.74 Å². The fraction of sp³-hybridized carbons (Fsp3) is 0.667. The van der Waals surface area contributed by atoms with E-state index >= 15 is 0 Å². The first-order valence-electron chi connectivity index (χ1n) is 7.46. The van der Waals surface area contributed by atoms with Crippen molar-refractivity contribution in [2.24, 2.45) is 0 Å². The van der Waals surface area contributed by atoms with Crippen LogP contribution in [0.4, 0.5) is 4.79 Å². The Morgan fingerprint density at radius 2 is 1.95 bits per heavy atom. The summed E-state index contributed by atoms with van der Waals surface area (Å²) in [5.41, 5.74) is 1.92. The largest absolute Gasteiger partial charge is 0.381 e. The van der Waals surface area contributed by atoms with E-state index in [1.54, 1.807) is 4.90 Å². The second-order valence-corrected chi connectivity index (χ2v) is 5.50. The number of carbonyl (C=O) groups excluding carboxylic acids is 1. The van der Waals surface area contributed by atoms with Crippen molar-refractivity contribution in [3.8, 4) is 0 Å². The number of nitrogens with zero attached hydrogens (tertiary/aromatic N) is 3. The summed E-state index contributed by atoms with van der Waals surface area (Å²) >= 11 is 0. The summed E-state index contributed by atoms with van der Waals surface area (Å²) in [6.07, 6.45) is 2.46. The molecule has 21 heavy (non-hydrogen) atoms. The molecule has 2 amide bonds. The third-order valence-corrected chi connectivity index (χ3v) is 3.71. The molecule has 1 aromatic heterocycles. The number of carbonyl (C=O) groups is 1. The van der Waals surface area contributed by atoms with Crippen LogP contribution in [0, 0.1) is 13.8 Å². The van der Waals surface area contributed by atoms with E-state index in [-0.39, 0.29) is 12.1 Å². The van der Waals surface area contributed by atoms with Gasteiger partial charge in [-0.15, -0.1) is 0 Å². The molecule has 0 unspecified atom stereocenters. The molecular formula is C15H24N4O2. The van der Waals surface area contributed by atoms with Gasteiger partial charge in [-0.05, 0) is 32.8 Å². The monoisotopic (exact) mass is 292 g/mol. The maximum Gasteiger partial charge on any atom is 0.317 e. The van der Waals surface area contributed by atoms with Crippen molar-refractivity contribution in [3.05, 3.63) is 23.3 Å². The number of rotatable bonds is 4. The molecule has 1 N–H and O–H groups in total. The van der Waals surface area contributed by atoms with Gasteiger partial charge in [0.15, 0.2) is 0 Å². The predicted molar refractivity (Wildman–Crippen MR) is 80.2 cm³/mol. The highest BCUT2D eigenvalue weighted by Crippen LogP contribution is 2.12. The molecule has 6 heteroatoms. The molecule has 0 aliphatic carbocycles. The standard InChI is InChI=1S/C15H24N4O2/c1-11-10-12(2)18-14(17-11)4-7-16-15(20)19(3)13-5-8-21-9-6-13/h10,13H,4-9H2,1-3H3,(H,16,20). The number of amides is 2. The highest BCUT2D eigenvalue weighted by atomic mass is 16.5. The molecule has 0 saturated carbocycles. The Morgan fingerprint density at radius 3 is 2.57 bits per heavy atom. The Bertz CT molecular complexity index is 466. The second-order valence-electron chi connectivity index (χ2n) is 5.50. The SMILES string of the molecule is Cc1cc(C)nc(CCNC(=O)N(C)C2CCOCC2)n1. The molecule has 116 valence electrons. The van der Waals surface area contributed by atoms with Crippen molar-refractivity contribution in [3.63, 3.8) is 0 Å². The molecule has 0 bridgehead atoms. The van der Waals surface area contributed by atoms with Crippen LogP contribution < -0.4 is 5.32 Å². The number of urea groups is 1. The molecule has 1 aliphatic rings. The van der Waals surface area contributed by atoms with Gasteiger partial charge in [-0.25, -0.2) is 14.8 Å². The molecule has 0 atom stereocenters. The van der Waals surface area contributed by atoms with Gasteiger partial charge in [-0.2, -0.15) is 0 Å². The lowest BCUT2D eigenvalue weighted by Gasteiger charge is -2.31. The van der Waals surface area contributed by atoms with Gasteiger partial charge in [0.1, 0.15) is 5.82 Å². The highest BCUT2D eigenvalue weighted by molar-refractivity contribution is 5.74. The van der Waals surface area contributed by atoms with Crippen molar-refractivity contribution in [2.45, 2.75) is 39.2 Å². The molecule has 2 rings (SSSR count). The molecule has 1 aliphatic heterocycles. The summed E-state index contributed by atoms with van der Waals surface area (Å²) in [6.45, 7) is 5.93. The van der Waals surface area contributed by atoms with Crippen molar-refractivity contribution in [2.75, 3.05) is 26.8 Å². The lowest BCUT2D eigenvalue weighted by atomic mass is 10.1. The Balaban J connectivity index is 1.78. The van der Waals surface area contributed by atoms with Gasteiger partial charge in [0, 0.05) is 50.7 Å². The Morgan fingerprint density at radius 1 is 1.33 bits per heavy atom. The van der Waals surface area contributed by atoms with E-state index in [1.807, 2.05) is 27.0 Å². The van der Waals surface area contributed by atoms with E-state index in [2.05, 4.69) is 15.3 Å². The van der Waals surface area contributed by atoms with Crippen LogP contribution in [0.2, 0.25) is 0 Å². The summed E-state index contributed by atoms with van der Waals surface area (Å²) in [5.74, 6) is 0.779. The summed E-state index contributed by atoms with van der Waals surface area (Å²) < 4.78 is 5.32. The average molecular weight is 292 g/mol. The van der Waals surface area contributed by atoms with E-state index in [0.717, 1.165) is 43.3 Å². The predicted octanol–water partition coefficient (Wildman–Crippen LogP) is 1.46. The Labute approximate surface area is 125 Å². The Hall–Kier alpha value is -1.69. The average Bonchev–Trinajstić information content (AvgIpc) is 2.46. The molecule has 0 aromatic carbocycles. The first kappa shape index (κ1) is 15.7. The van der Waals surface area contributed by atoms with E-state index in [1.165, 1.54) is 0 Å². The number of nitrogens with one attached hydrogen (secondary N) is 1. The maximum absolute atomic E-state index is 12.1. The minimum atomic E-state index is -0.0359. The van der Waals surface area contributed by atoms with E-state index < -0.39 is 0 Å². The Kier molecular flexibility index (Phi) is 5.50. The molecule has 6 nitrogen and oxygen atoms in total. The zero-order valence-corrected chi connectivity index (χ0v) is 13.1. The van der Waals surface area contributed by atoms with Gasteiger partial charge < -0.3 is 15.0 Å². The molecular weight excluding hydrogens is 268 g/mol. The van der Waals surface area contributed by atoms with Gasteiger partial charge in [-0.3, -0.25) is 0 Å². The smallest absolute Gasteiger partial charge is 0.317 e. The van der Waals surface area contributed by atoms with Crippen molar-refractivity contribution < 1.29 is 9.53 Å². The van der Waals surface area contributed by atoms with Crippen LogP contribution >= 0.6 is 0 Å². The van der Waals surface area contributed by atoms with Crippen LogP contribution in [-0.2, 0) is 11.2 Å². The lowest BCUT2D eigenvalue weighted by molar-refractivity contribution is 0.0526. The third-order valence-electron chi connectivity index (χ3n) is 3.71. The molecule has 1 aromatic rings. The van der Waals surface area contributed by atoms with E-state index in [9.17, 15) is 4.79 Å². The number of aryl methyl sites for hydroxylation is 2. The van der Waals surface area contributed by atoms with Crippen molar-refractivity contribution in [1.82, 2.24) is 20.2 Å². The van der Waals surface area contributed by atoms with Crippen molar-refractivity contribution >= 4 is 6.03 Å². The van der Waals surface area contributed by atoms with Crippen LogP contribution in [0.15, 0.2) is 6.07 Å². The molecule has 2 heterocycles. The van der Waals surface area contributed by atoms with Gasteiger partial charge >= 0.3 is 6.03 Å². The number of hydrogen-bond donors (Lipinski definition) is 1. The number of ether oxygens (including phenoxy) is 1. The molecule has 1 saturated heterocycles. The fourth-order valence-corrected chi connectivity index (χ4v) is 2.55. The molecule has 1 fully saturated rings. The first-order valence-corrected chi connectivity index (χ1v) is 7.46. The number of hydrogen-bond acceptors (Lipinski definition) is 4. The zero-order valence-electron chi connectivity index (χ0n) is 13.1. The third kappa shape index (κ3) is 4.67. The van der Waals surface area contributed by atoms with Crippen LogP contribution in [0.1, 0.15) is 30.1 Å². The minimum absolute atomic E-state index is 0.0359. The first-order chi connectivity index (χ1) is 10.1. The quantitative estimate of drug-likeness (QED) is 0.912. The topological polar surface area (TPSA) is 67.4 Å². The summed E-state index contributed by atoms with van der Waals surface area (Å²) in [4.78, 5) is 22.6. The van der Waals surface area contributed by atoms with Gasteiger partial charge in [0.05, 0.1) is 0 Å². The van der Waals surface area contributed by atoms with Crippen LogP contribution in [0.5, 0.6) is 0 Å². The van der Waals surface area contributed by atoms with Crippen LogP contribution in [0.3, 0.4) is 0 Å². The summed E-state index contributed by atoms with van der Waals surface area (Å²) in [7, 11) is 1.85. The minimum Gasteiger partial charge on any atom is -0.381 e. The van der Waals surface area contributed by atoms with Crippen molar-refractivity contribution in [1.29, 1.82) is 0 Å². The highest BCUT2D eigenvalue weighted by Gasteiger charge is 2.22. The second kappa shape index (κ2) is 7.36. The van der Waals surface area contributed by atoms with Gasteiger partial charge in [0.25, 0.3) is 0 Å². The maximum atomic E-state index is 12.1. The van der Waals surface area contributed by atoms with Crippen LogP contribution in [-0.4, -0.2) is 53.7 Å².